The third-order valence-corrected chi connectivity index (χ3v) is 9.80. The van der Waals surface area contributed by atoms with Gasteiger partial charge in [0, 0.05) is 57.2 Å². The van der Waals surface area contributed by atoms with Gasteiger partial charge in [-0.2, -0.15) is 0 Å². The number of rotatable bonds is 8. The summed E-state index contributed by atoms with van der Waals surface area (Å²) in [4.78, 5) is 22.2. The van der Waals surface area contributed by atoms with Gasteiger partial charge in [0.2, 0.25) is 0 Å². The average Bonchev–Trinajstić information content (AvgIpc) is 3.23. The van der Waals surface area contributed by atoms with Crippen LogP contribution in [-0.2, 0) is 11.2 Å². The van der Waals surface area contributed by atoms with E-state index in [1.807, 2.05) is 12.3 Å². The molecule has 33 heavy (non-hydrogen) atoms. The molecule has 0 N–H and O–H groups in total. The molecule has 1 atom stereocenters. The van der Waals surface area contributed by atoms with Crippen molar-refractivity contribution in [3.05, 3.63) is 17.8 Å². The van der Waals surface area contributed by atoms with Crippen molar-refractivity contribution in [3.8, 4) is 5.75 Å². The van der Waals surface area contributed by atoms with E-state index in [1.165, 1.54) is 69.9 Å². The Kier molecular flexibility index (Phi) is 6.10. The van der Waals surface area contributed by atoms with Gasteiger partial charge in [-0.25, -0.2) is 4.98 Å². The smallest absolute Gasteiger partial charge is 0.135 e. The predicted molar refractivity (Wildman–Crippen MR) is 131 cm³/mol. The monoisotopic (exact) mass is 451 g/mol. The van der Waals surface area contributed by atoms with Crippen LogP contribution in [0, 0.1) is 23.2 Å². The van der Waals surface area contributed by atoms with Crippen LogP contribution in [0.3, 0.4) is 0 Å². The fourth-order valence-electron chi connectivity index (χ4n) is 7.17. The van der Waals surface area contributed by atoms with Gasteiger partial charge < -0.3 is 9.64 Å². The zero-order valence-electron chi connectivity index (χ0n) is 20.3. The highest BCUT2D eigenvalue weighted by atomic mass is 16.5. The number of carbonyl (C=O) groups excluding carboxylic acids is 1. The van der Waals surface area contributed by atoms with Crippen molar-refractivity contribution >= 4 is 11.6 Å². The lowest BCUT2D eigenvalue weighted by molar-refractivity contribution is -0.121. The summed E-state index contributed by atoms with van der Waals surface area (Å²) in [6.45, 7) is 6.50. The Hall–Kier alpha value is -1.62. The third-order valence-electron chi connectivity index (χ3n) is 9.80. The molecule has 0 bridgehead atoms. The largest absolute Gasteiger partial charge is 0.493 e. The maximum atomic E-state index is 12.4. The van der Waals surface area contributed by atoms with E-state index in [2.05, 4.69) is 14.8 Å². The van der Waals surface area contributed by atoms with Crippen molar-refractivity contribution in [1.29, 1.82) is 0 Å². The van der Waals surface area contributed by atoms with Crippen molar-refractivity contribution in [1.82, 2.24) is 9.88 Å². The van der Waals surface area contributed by atoms with Gasteiger partial charge >= 0.3 is 0 Å². The van der Waals surface area contributed by atoms with Crippen LogP contribution < -0.4 is 9.64 Å². The second-order valence-electron chi connectivity index (χ2n) is 11.8. The zero-order chi connectivity index (χ0) is 22.3. The Morgan fingerprint density at radius 2 is 1.88 bits per heavy atom. The normalized spacial score (nSPS) is 31.8. The third kappa shape index (κ3) is 4.67. The number of hydrogen-bond acceptors (Lipinski definition) is 5. The standard InChI is InChI=1S/C28H41N3O2/c32-24(18-22-2-1-3-22)19-23-20-28(23)9-4-21(5-10-28)7-12-30-13-15-31(16-14-30)27-25-8-17-33-26(25)6-11-29-27/h6,11,21-23H,1-5,7-10,12-20H2/t21?,23-,28?/m1/s1. The first-order chi connectivity index (χ1) is 16.2. The Morgan fingerprint density at radius 1 is 1.06 bits per heavy atom. The lowest BCUT2D eigenvalue weighted by atomic mass is 9.76. The number of ether oxygens (including phenoxy) is 1. The maximum absolute atomic E-state index is 12.4. The number of ketones is 1. The summed E-state index contributed by atoms with van der Waals surface area (Å²) in [7, 11) is 0. The summed E-state index contributed by atoms with van der Waals surface area (Å²) in [6, 6.07) is 2.01. The number of pyridine rings is 1. The molecule has 1 spiro atoms. The highest BCUT2D eigenvalue weighted by Crippen LogP contribution is 2.63. The minimum absolute atomic E-state index is 0.573. The molecule has 5 nitrogen and oxygen atoms in total. The van der Waals surface area contributed by atoms with Gasteiger partial charge in [0.15, 0.2) is 0 Å². The molecule has 2 aliphatic heterocycles. The van der Waals surface area contributed by atoms with E-state index in [1.54, 1.807) is 0 Å². The van der Waals surface area contributed by atoms with E-state index >= 15 is 0 Å². The molecule has 4 fully saturated rings. The summed E-state index contributed by atoms with van der Waals surface area (Å²) in [6.07, 6.45) is 16.9. The number of nitrogens with zero attached hydrogens (tertiary/aromatic N) is 3. The maximum Gasteiger partial charge on any atom is 0.135 e. The lowest BCUT2D eigenvalue weighted by Gasteiger charge is -2.37. The summed E-state index contributed by atoms with van der Waals surface area (Å²) in [5, 5.41) is 0. The molecule has 3 heterocycles. The number of aromatic nitrogens is 1. The summed E-state index contributed by atoms with van der Waals surface area (Å²) >= 11 is 0. The van der Waals surface area contributed by atoms with E-state index in [9.17, 15) is 4.79 Å². The van der Waals surface area contributed by atoms with E-state index < -0.39 is 0 Å². The second kappa shape index (κ2) is 9.20. The van der Waals surface area contributed by atoms with Crippen LogP contribution in [0.1, 0.15) is 76.2 Å². The molecule has 1 aromatic rings. The number of hydrogen-bond donors (Lipinski definition) is 0. The molecule has 5 aliphatic rings. The topological polar surface area (TPSA) is 45.7 Å². The minimum atomic E-state index is 0.573. The first kappa shape index (κ1) is 21.9. The number of Topliss-reactive ketones (excluding diaryl/α,β-unsaturated/α-hetero) is 1. The number of piperazine rings is 1. The van der Waals surface area contributed by atoms with Gasteiger partial charge in [-0.05, 0) is 74.3 Å². The molecule has 1 aromatic heterocycles. The van der Waals surface area contributed by atoms with Gasteiger partial charge in [-0.3, -0.25) is 9.69 Å². The molecular weight excluding hydrogens is 410 g/mol. The van der Waals surface area contributed by atoms with Crippen LogP contribution in [0.2, 0.25) is 0 Å². The fourth-order valence-corrected chi connectivity index (χ4v) is 7.17. The van der Waals surface area contributed by atoms with Gasteiger partial charge in [-0.1, -0.05) is 19.3 Å². The highest BCUT2D eigenvalue weighted by Gasteiger charge is 2.54. The number of carbonyl (C=O) groups is 1. The van der Waals surface area contributed by atoms with Crippen LogP contribution in [-0.4, -0.2) is 55.0 Å². The Balaban J connectivity index is 0.901. The van der Waals surface area contributed by atoms with Crippen LogP contribution >= 0.6 is 0 Å². The average molecular weight is 452 g/mol. The molecule has 1 saturated heterocycles. The Labute approximate surface area is 199 Å². The lowest BCUT2D eigenvalue weighted by Crippen LogP contribution is -2.47. The van der Waals surface area contributed by atoms with Gasteiger partial charge in [0.25, 0.3) is 0 Å². The van der Waals surface area contributed by atoms with Gasteiger partial charge in [-0.15, -0.1) is 0 Å². The molecule has 0 aromatic carbocycles. The van der Waals surface area contributed by atoms with E-state index in [0.29, 0.717) is 11.2 Å². The molecule has 0 radical (unpaired) electrons. The number of anilines is 1. The van der Waals surface area contributed by atoms with E-state index in [0.717, 1.165) is 81.4 Å². The molecular formula is C28H41N3O2. The molecule has 3 aliphatic carbocycles. The van der Waals surface area contributed by atoms with Crippen molar-refractivity contribution in [2.45, 2.75) is 77.0 Å². The van der Waals surface area contributed by atoms with Gasteiger partial charge in [0.05, 0.1) is 6.61 Å². The molecule has 5 heteroatoms. The van der Waals surface area contributed by atoms with E-state index in [-0.39, 0.29) is 0 Å². The van der Waals surface area contributed by atoms with Crippen LogP contribution in [0.25, 0.3) is 0 Å². The second-order valence-corrected chi connectivity index (χ2v) is 11.8. The summed E-state index contributed by atoms with van der Waals surface area (Å²) in [5.74, 6) is 5.15. The predicted octanol–water partition coefficient (Wildman–Crippen LogP) is 4.87. The van der Waals surface area contributed by atoms with Crippen LogP contribution in [0.5, 0.6) is 5.75 Å². The van der Waals surface area contributed by atoms with E-state index in [4.69, 9.17) is 4.74 Å². The first-order valence-electron chi connectivity index (χ1n) is 13.8. The van der Waals surface area contributed by atoms with Crippen molar-refractivity contribution in [2.75, 3.05) is 44.2 Å². The Bertz CT molecular complexity index is 851. The molecule has 0 amide bonds. The summed E-state index contributed by atoms with van der Waals surface area (Å²) < 4.78 is 5.73. The Morgan fingerprint density at radius 3 is 2.64 bits per heavy atom. The zero-order valence-corrected chi connectivity index (χ0v) is 20.3. The minimum Gasteiger partial charge on any atom is -0.493 e. The molecule has 0 unspecified atom stereocenters. The summed E-state index contributed by atoms with van der Waals surface area (Å²) in [5.41, 5.74) is 1.88. The van der Waals surface area contributed by atoms with Crippen molar-refractivity contribution in [3.63, 3.8) is 0 Å². The van der Waals surface area contributed by atoms with Crippen LogP contribution in [0.15, 0.2) is 12.3 Å². The molecule has 180 valence electrons. The SMILES string of the molecule is O=C(CC1CCC1)C[C@@H]1CC12CCC(CCN1CCN(c3nccc4c3CCO4)CC1)CC2. The fraction of sp³-hybridized carbons (Fsp3) is 0.786. The first-order valence-corrected chi connectivity index (χ1v) is 13.8. The molecule has 3 saturated carbocycles. The van der Waals surface area contributed by atoms with Crippen molar-refractivity contribution < 1.29 is 9.53 Å². The molecule has 6 rings (SSSR count). The van der Waals surface area contributed by atoms with Gasteiger partial charge in [0.1, 0.15) is 17.4 Å². The quantitative estimate of drug-likeness (QED) is 0.564. The van der Waals surface area contributed by atoms with Crippen molar-refractivity contribution in [2.24, 2.45) is 23.2 Å². The highest BCUT2D eigenvalue weighted by molar-refractivity contribution is 5.79. The van der Waals surface area contributed by atoms with Crippen LogP contribution in [0.4, 0.5) is 5.82 Å². The number of fused-ring (bicyclic) bond motifs is 1.